The lowest BCUT2D eigenvalue weighted by molar-refractivity contribution is -0.156. The van der Waals surface area contributed by atoms with Crippen LogP contribution in [0.3, 0.4) is 0 Å². The minimum atomic E-state index is -1.04. The summed E-state index contributed by atoms with van der Waals surface area (Å²) in [4.78, 5) is 56.0. The van der Waals surface area contributed by atoms with Crippen molar-refractivity contribution in [3.63, 3.8) is 0 Å². The van der Waals surface area contributed by atoms with Gasteiger partial charge in [-0.05, 0) is 118 Å². The van der Waals surface area contributed by atoms with Gasteiger partial charge in [0.15, 0.2) is 0 Å². The first kappa shape index (κ1) is 46.8. The van der Waals surface area contributed by atoms with Crippen LogP contribution in [0.1, 0.15) is 127 Å². The van der Waals surface area contributed by atoms with E-state index in [9.17, 15) is 14.4 Å². The molecular weight excluding hydrogens is 867 g/mol. The van der Waals surface area contributed by atoms with Crippen LogP contribution in [0.25, 0.3) is 22.2 Å². The molecule has 10 rings (SSSR count). The molecule has 14 nitrogen and oxygen atoms in total. The highest BCUT2D eigenvalue weighted by molar-refractivity contribution is 8.14. The van der Waals surface area contributed by atoms with Crippen molar-refractivity contribution in [3.05, 3.63) is 52.8 Å². The quantitative estimate of drug-likeness (QED) is 0.200. The number of carbonyl (C=O) groups is 3. The van der Waals surface area contributed by atoms with E-state index in [0.29, 0.717) is 67.3 Å². The van der Waals surface area contributed by atoms with Gasteiger partial charge < -0.3 is 28.8 Å². The molecule has 67 heavy (non-hydrogen) atoms. The molecular formula is C52H71N7O7S. The van der Waals surface area contributed by atoms with Gasteiger partial charge in [0.2, 0.25) is 5.91 Å². The largest absolute Gasteiger partial charge is 0.464 e. The Kier molecular flexibility index (Phi) is 13.1. The number of fused-ring (bicyclic) bond motifs is 7. The SMILES string of the molecule is CCO[C@@H]1C2=NC(CS2)c2ccc3c(c2)c(c(-c2cc(C4C[C@H]5COC[C@@H](C4)N5C4CC4)cnc2[C@H](C)OC)n3CC)CC(C)(C)COC(=O)[C@@H]2CCCN(N2)C(=O)[C@H]1NC(=O)C1[C@@H](C)[C@H]1C. The summed E-state index contributed by atoms with van der Waals surface area (Å²) in [7, 11) is 1.75. The second kappa shape index (κ2) is 18.8. The molecule has 1 aromatic carbocycles. The lowest BCUT2D eigenvalue weighted by Crippen LogP contribution is -2.63. The topological polar surface area (TPSA) is 149 Å². The number of nitrogens with one attached hydrogen (secondary N) is 2. The van der Waals surface area contributed by atoms with Crippen molar-refractivity contribution in [3.8, 4) is 11.3 Å². The fourth-order valence-corrected chi connectivity index (χ4v) is 13.2. The molecule has 15 heteroatoms. The van der Waals surface area contributed by atoms with Crippen LogP contribution in [0.4, 0.5) is 0 Å². The van der Waals surface area contributed by atoms with E-state index in [0.717, 1.165) is 66.0 Å². The molecule has 2 saturated carbocycles. The lowest BCUT2D eigenvalue weighted by atomic mass is 9.80. The number of cyclic esters (lactones) is 1. The summed E-state index contributed by atoms with van der Waals surface area (Å²) in [5.41, 5.74) is 10.5. The summed E-state index contributed by atoms with van der Waals surface area (Å²) in [6.45, 7) is 17.8. The molecule has 3 aromatic rings. The maximum atomic E-state index is 14.7. The van der Waals surface area contributed by atoms with Crippen LogP contribution in [0.15, 0.2) is 35.5 Å². The van der Waals surface area contributed by atoms with Crippen molar-refractivity contribution < 1.29 is 33.3 Å². The predicted molar refractivity (Wildman–Crippen MR) is 260 cm³/mol. The summed E-state index contributed by atoms with van der Waals surface area (Å²) in [5.74, 6) is 0.395. The van der Waals surface area contributed by atoms with E-state index in [-0.39, 0.29) is 48.3 Å². The standard InChI is InChI=1S/C52H71N7O7S/c1-9-57-42-16-13-31-20-37(42)39(46(57)38-21-33(23-53-44(38)30(5)63-8)32-18-35-24-64-25-36(19-32)59(35)34-14-15-34)22-52(6,7)27-66-51(62)40-12-11-17-58(56-40)50(61)45(55-48(60)43-28(3)29(43)4)47(65-10-2)49-54-41(31)26-67-49/h13,16,20-21,23,28-30,32,34-36,40-41,43,45,47,56H,9-12,14-15,17-19,22,24-27H2,1-8H3,(H,55,60)/t28-,29+,30-,32?,35-,36+,40-,41?,43?,45-,47-/m0/s1. The molecule has 8 bridgehead atoms. The van der Waals surface area contributed by atoms with E-state index in [1.54, 1.807) is 18.9 Å². The number of carbonyl (C=O) groups excluding carboxylic acids is 3. The van der Waals surface area contributed by atoms with Gasteiger partial charge in [-0.3, -0.25) is 34.3 Å². The fourth-order valence-electron chi connectivity index (χ4n) is 12.0. The number of benzene rings is 1. The van der Waals surface area contributed by atoms with Crippen molar-refractivity contribution in [1.29, 1.82) is 0 Å². The number of hydrogen-bond donors (Lipinski definition) is 2. The highest BCUT2D eigenvalue weighted by atomic mass is 32.2. The normalized spacial score (nSPS) is 32.7. The van der Waals surface area contributed by atoms with E-state index in [4.69, 9.17) is 28.9 Å². The Bertz CT molecular complexity index is 2400. The molecule has 5 aliphatic heterocycles. The van der Waals surface area contributed by atoms with Gasteiger partial charge in [0, 0.05) is 84.7 Å². The molecule has 2 N–H and O–H groups in total. The first-order valence-corrected chi connectivity index (χ1v) is 26.2. The number of aliphatic imine (C=N–C) groups is 1. The molecule has 0 radical (unpaired) electrons. The minimum Gasteiger partial charge on any atom is -0.464 e. The van der Waals surface area contributed by atoms with Crippen molar-refractivity contribution in [2.75, 3.05) is 45.8 Å². The summed E-state index contributed by atoms with van der Waals surface area (Å²) >= 11 is 1.59. The molecule has 5 fully saturated rings. The maximum Gasteiger partial charge on any atom is 0.324 e. The Morgan fingerprint density at radius 3 is 2.49 bits per heavy atom. The number of methoxy groups -OCH3 is 1. The van der Waals surface area contributed by atoms with Gasteiger partial charge in [-0.15, -0.1) is 11.8 Å². The Hall–Kier alpha value is -3.86. The fraction of sp³-hybridized carbons (Fsp3) is 0.673. The van der Waals surface area contributed by atoms with E-state index >= 15 is 0 Å². The van der Waals surface area contributed by atoms with Crippen LogP contribution >= 0.6 is 11.8 Å². The average molecular weight is 938 g/mol. The number of ether oxygens (including phenoxy) is 4. The predicted octanol–water partition coefficient (Wildman–Crippen LogP) is 7.14. The number of nitrogens with zero attached hydrogens (tertiary/aromatic N) is 5. The van der Waals surface area contributed by atoms with Crippen LogP contribution in [-0.2, 0) is 46.3 Å². The number of piperidine rings is 1. The molecule has 3 unspecified atom stereocenters. The van der Waals surface area contributed by atoms with Crippen LogP contribution in [0, 0.1) is 23.2 Å². The maximum absolute atomic E-state index is 14.7. The van der Waals surface area contributed by atoms with Gasteiger partial charge in [-0.25, -0.2) is 5.43 Å². The molecule has 7 aliphatic rings. The van der Waals surface area contributed by atoms with E-state index in [2.05, 4.69) is 92.2 Å². The number of hydrazine groups is 1. The number of pyridine rings is 1. The summed E-state index contributed by atoms with van der Waals surface area (Å²) in [6.07, 6.45) is 7.49. The van der Waals surface area contributed by atoms with E-state index in [1.807, 2.05) is 6.92 Å². The van der Waals surface area contributed by atoms with Crippen LogP contribution in [0.5, 0.6) is 0 Å². The molecule has 11 atom stereocenters. The molecule has 362 valence electrons. The van der Waals surface area contributed by atoms with E-state index in [1.165, 1.54) is 29.0 Å². The van der Waals surface area contributed by atoms with Crippen molar-refractivity contribution >= 4 is 45.5 Å². The second-order valence-electron chi connectivity index (χ2n) is 21.3. The number of aromatic nitrogens is 2. The average Bonchev–Trinajstić information content (AvgIpc) is 4.18. The van der Waals surface area contributed by atoms with Gasteiger partial charge in [0.05, 0.1) is 43.4 Å². The van der Waals surface area contributed by atoms with Gasteiger partial charge in [-0.2, -0.15) is 0 Å². The van der Waals surface area contributed by atoms with Gasteiger partial charge >= 0.3 is 5.97 Å². The first-order chi connectivity index (χ1) is 32.3. The zero-order valence-electron chi connectivity index (χ0n) is 40.7. The van der Waals surface area contributed by atoms with Crippen LogP contribution in [0.2, 0.25) is 0 Å². The number of morpholine rings is 1. The van der Waals surface area contributed by atoms with E-state index < -0.39 is 29.6 Å². The molecule has 2 aromatic heterocycles. The third-order valence-electron chi connectivity index (χ3n) is 16.1. The Morgan fingerprint density at radius 1 is 1.04 bits per heavy atom. The van der Waals surface area contributed by atoms with Gasteiger partial charge in [0.25, 0.3) is 5.91 Å². The summed E-state index contributed by atoms with van der Waals surface area (Å²) < 4.78 is 27.3. The highest BCUT2D eigenvalue weighted by Gasteiger charge is 2.51. The number of esters is 1. The lowest BCUT2D eigenvalue weighted by Gasteiger charge is -2.49. The van der Waals surface area contributed by atoms with Crippen LogP contribution < -0.4 is 10.7 Å². The number of amides is 2. The zero-order valence-corrected chi connectivity index (χ0v) is 41.5. The third-order valence-corrected chi connectivity index (χ3v) is 17.2. The molecule has 2 amide bonds. The van der Waals surface area contributed by atoms with Crippen molar-refractivity contribution in [2.45, 2.75) is 154 Å². The van der Waals surface area contributed by atoms with Gasteiger partial charge in [0.1, 0.15) is 23.2 Å². The first-order valence-electron chi connectivity index (χ1n) is 25.2. The zero-order chi connectivity index (χ0) is 46.9. The molecule has 0 spiro atoms. The number of aryl methyl sites for hydroxylation is 1. The molecule has 3 saturated heterocycles. The van der Waals surface area contributed by atoms with Crippen LogP contribution in [-0.4, -0.2) is 124 Å². The van der Waals surface area contributed by atoms with Crippen molar-refractivity contribution in [1.82, 2.24) is 30.2 Å². The summed E-state index contributed by atoms with van der Waals surface area (Å²) in [6, 6.07) is 8.75. The third kappa shape index (κ3) is 8.99. The highest BCUT2D eigenvalue weighted by Crippen LogP contribution is 2.48. The monoisotopic (exact) mass is 938 g/mol. The molecule has 7 heterocycles. The molecule has 2 aliphatic carbocycles. The Balaban J connectivity index is 1.09. The van der Waals surface area contributed by atoms with Gasteiger partial charge in [-0.1, -0.05) is 33.8 Å². The minimum absolute atomic E-state index is 0.158. The Morgan fingerprint density at radius 2 is 1.81 bits per heavy atom. The summed E-state index contributed by atoms with van der Waals surface area (Å²) in [5, 5.41) is 6.45. The number of rotatable bonds is 10. The Labute approximate surface area is 400 Å². The number of thioether (sulfide) groups is 1. The second-order valence-corrected chi connectivity index (χ2v) is 22.3. The smallest absolute Gasteiger partial charge is 0.324 e. The van der Waals surface area contributed by atoms with Crippen molar-refractivity contribution in [2.24, 2.45) is 28.2 Å². The number of hydrogen-bond acceptors (Lipinski definition) is 12.